The van der Waals surface area contributed by atoms with Gasteiger partial charge in [-0.15, -0.1) is 0 Å². The van der Waals surface area contributed by atoms with E-state index in [1.54, 1.807) is 30.3 Å². The highest BCUT2D eigenvalue weighted by atomic mass is 16.5. The summed E-state index contributed by atoms with van der Waals surface area (Å²) >= 11 is 0. The van der Waals surface area contributed by atoms with Gasteiger partial charge in [-0.1, -0.05) is 18.2 Å². The third-order valence-electron chi connectivity index (χ3n) is 5.22. The minimum atomic E-state index is -1.19. The normalized spacial score (nSPS) is 15.7. The average molecular weight is 435 g/mol. The SMILES string of the molecule is CC(C(=O)OCC(=O)Nc1cccc(C(=O)NC2CC2)c1)N1C(=O)c2ccccc2C1=O. The molecule has 164 valence electrons. The van der Waals surface area contributed by atoms with Crippen molar-refractivity contribution in [2.45, 2.75) is 31.8 Å². The fourth-order valence-electron chi connectivity index (χ4n) is 3.35. The molecule has 1 aliphatic carbocycles. The molecular formula is C23H21N3O6. The summed E-state index contributed by atoms with van der Waals surface area (Å²) in [5.74, 6) is -2.88. The summed E-state index contributed by atoms with van der Waals surface area (Å²) in [6.45, 7) is 0.759. The molecule has 0 spiro atoms. The molecule has 2 aromatic carbocycles. The first-order valence-corrected chi connectivity index (χ1v) is 10.2. The van der Waals surface area contributed by atoms with Gasteiger partial charge in [0.15, 0.2) is 6.61 Å². The summed E-state index contributed by atoms with van der Waals surface area (Å²) in [4.78, 5) is 62.5. The van der Waals surface area contributed by atoms with Gasteiger partial charge >= 0.3 is 5.97 Å². The Morgan fingerprint density at radius 1 is 1.03 bits per heavy atom. The van der Waals surface area contributed by atoms with E-state index < -0.39 is 36.3 Å². The van der Waals surface area contributed by atoms with Crippen molar-refractivity contribution in [3.63, 3.8) is 0 Å². The lowest BCUT2D eigenvalue weighted by molar-refractivity contribution is -0.150. The van der Waals surface area contributed by atoms with Gasteiger partial charge in [0.25, 0.3) is 23.6 Å². The smallest absolute Gasteiger partial charge is 0.329 e. The molecule has 2 N–H and O–H groups in total. The van der Waals surface area contributed by atoms with Gasteiger partial charge in [-0.25, -0.2) is 4.79 Å². The van der Waals surface area contributed by atoms with Gasteiger partial charge in [0.1, 0.15) is 6.04 Å². The number of esters is 1. The zero-order chi connectivity index (χ0) is 22.8. The van der Waals surface area contributed by atoms with Crippen LogP contribution in [0.5, 0.6) is 0 Å². The maximum atomic E-state index is 12.5. The standard InChI is InChI=1S/C23H21N3O6/c1-13(26-21(29)17-7-2-3-8-18(17)22(26)30)23(31)32-12-19(27)24-16-6-4-5-14(11-16)20(28)25-15-9-10-15/h2-8,11,13,15H,9-10,12H2,1H3,(H,24,27)(H,25,28). The van der Waals surface area contributed by atoms with E-state index in [4.69, 9.17) is 4.74 Å². The van der Waals surface area contributed by atoms with Gasteiger partial charge < -0.3 is 15.4 Å². The minimum Gasteiger partial charge on any atom is -0.454 e. The van der Waals surface area contributed by atoms with Crippen LogP contribution >= 0.6 is 0 Å². The van der Waals surface area contributed by atoms with Crippen molar-refractivity contribution < 1.29 is 28.7 Å². The highest BCUT2D eigenvalue weighted by Crippen LogP contribution is 2.25. The van der Waals surface area contributed by atoms with Crippen molar-refractivity contribution in [3.8, 4) is 0 Å². The summed E-state index contributed by atoms with van der Waals surface area (Å²) in [6, 6.07) is 11.7. The number of rotatable bonds is 7. The lowest BCUT2D eigenvalue weighted by Crippen LogP contribution is -2.44. The van der Waals surface area contributed by atoms with Crippen molar-refractivity contribution in [2.24, 2.45) is 0 Å². The Morgan fingerprint density at radius 2 is 1.69 bits per heavy atom. The van der Waals surface area contributed by atoms with Crippen molar-refractivity contribution in [1.82, 2.24) is 10.2 Å². The molecule has 0 saturated heterocycles. The molecule has 4 rings (SSSR count). The van der Waals surface area contributed by atoms with Gasteiger partial charge in [-0.05, 0) is 50.1 Å². The largest absolute Gasteiger partial charge is 0.454 e. The predicted molar refractivity (Wildman–Crippen MR) is 113 cm³/mol. The highest BCUT2D eigenvalue weighted by Gasteiger charge is 2.41. The van der Waals surface area contributed by atoms with E-state index in [9.17, 15) is 24.0 Å². The zero-order valence-electron chi connectivity index (χ0n) is 17.3. The molecular weight excluding hydrogens is 414 g/mol. The number of ether oxygens (including phenoxy) is 1. The quantitative estimate of drug-likeness (QED) is 0.505. The third kappa shape index (κ3) is 4.36. The summed E-state index contributed by atoms with van der Waals surface area (Å²) < 4.78 is 5.01. The summed E-state index contributed by atoms with van der Waals surface area (Å²) in [6.07, 6.45) is 1.93. The van der Waals surface area contributed by atoms with Gasteiger partial charge in [0.2, 0.25) is 0 Å². The van der Waals surface area contributed by atoms with Crippen LogP contribution in [-0.2, 0) is 14.3 Å². The van der Waals surface area contributed by atoms with E-state index in [0.29, 0.717) is 11.3 Å². The van der Waals surface area contributed by atoms with E-state index in [1.807, 2.05) is 0 Å². The topological polar surface area (TPSA) is 122 Å². The lowest BCUT2D eigenvalue weighted by atomic mass is 10.1. The summed E-state index contributed by atoms with van der Waals surface area (Å²) in [5, 5.41) is 5.42. The second kappa shape index (κ2) is 8.62. The maximum absolute atomic E-state index is 12.5. The Kier molecular flexibility index (Phi) is 5.72. The van der Waals surface area contributed by atoms with E-state index in [1.165, 1.54) is 25.1 Å². The number of hydrogen-bond donors (Lipinski definition) is 2. The second-order valence-corrected chi connectivity index (χ2v) is 7.69. The van der Waals surface area contributed by atoms with Gasteiger partial charge in [0.05, 0.1) is 11.1 Å². The molecule has 1 heterocycles. The molecule has 1 saturated carbocycles. The number of carbonyl (C=O) groups is 5. The number of nitrogens with zero attached hydrogens (tertiary/aromatic N) is 1. The van der Waals surface area contributed by atoms with Crippen LogP contribution in [0, 0.1) is 0 Å². The number of carbonyl (C=O) groups excluding carboxylic acids is 5. The van der Waals surface area contributed by atoms with Crippen molar-refractivity contribution in [2.75, 3.05) is 11.9 Å². The Balaban J connectivity index is 1.31. The molecule has 2 aromatic rings. The number of imide groups is 1. The Labute approximate surface area is 183 Å². The molecule has 1 aliphatic heterocycles. The Hall–Kier alpha value is -4.01. The lowest BCUT2D eigenvalue weighted by Gasteiger charge is -2.20. The van der Waals surface area contributed by atoms with Crippen LogP contribution in [0.15, 0.2) is 48.5 Å². The third-order valence-corrected chi connectivity index (χ3v) is 5.22. The van der Waals surface area contributed by atoms with E-state index in [-0.39, 0.29) is 23.1 Å². The number of amides is 4. The minimum absolute atomic E-state index is 0.212. The van der Waals surface area contributed by atoms with Crippen molar-refractivity contribution >= 4 is 35.3 Å². The molecule has 0 radical (unpaired) electrons. The summed E-state index contributed by atoms with van der Waals surface area (Å²) in [7, 11) is 0. The zero-order valence-corrected chi connectivity index (χ0v) is 17.3. The number of hydrogen-bond acceptors (Lipinski definition) is 6. The van der Waals surface area contributed by atoms with Gasteiger partial charge in [-0.2, -0.15) is 0 Å². The number of anilines is 1. The van der Waals surface area contributed by atoms with Crippen LogP contribution < -0.4 is 10.6 Å². The Morgan fingerprint density at radius 3 is 2.31 bits per heavy atom. The monoisotopic (exact) mass is 435 g/mol. The van der Waals surface area contributed by atoms with E-state index in [2.05, 4.69) is 10.6 Å². The molecule has 9 nitrogen and oxygen atoms in total. The van der Waals surface area contributed by atoms with E-state index in [0.717, 1.165) is 17.7 Å². The first-order valence-electron chi connectivity index (χ1n) is 10.2. The summed E-state index contributed by atoms with van der Waals surface area (Å²) in [5.41, 5.74) is 1.23. The molecule has 1 atom stereocenters. The first kappa shape index (κ1) is 21.2. The van der Waals surface area contributed by atoms with Crippen LogP contribution in [0.25, 0.3) is 0 Å². The highest BCUT2D eigenvalue weighted by molar-refractivity contribution is 6.22. The second-order valence-electron chi connectivity index (χ2n) is 7.69. The van der Waals surface area contributed by atoms with Crippen LogP contribution in [0.1, 0.15) is 50.8 Å². The Bertz CT molecular complexity index is 1090. The predicted octanol–water partition coefficient (Wildman–Crippen LogP) is 1.75. The number of benzene rings is 2. The van der Waals surface area contributed by atoms with Crippen LogP contribution in [0.2, 0.25) is 0 Å². The molecule has 2 aliphatic rings. The molecule has 0 bridgehead atoms. The van der Waals surface area contributed by atoms with Crippen molar-refractivity contribution in [1.29, 1.82) is 0 Å². The van der Waals surface area contributed by atoms with Crippen LogP contribution in [0.4, 0.5) is 5.69 Å². The first-order chi connectivity index (χ1) is 15.3. The number of fused-ring (bicyclic) bond motifs is 1. The van der Waals surface area contributed by atoms with Gasteiger partial charge in [-0.3, -0.25) is 24.1 Å². The molecule has 0 aromatic heterocycles. The van der Waals surface area contributed by atoms with Crippen LogP contribution in [0.3, 0.4) is 0 Å². The fourth-order valence-corrected chi connectivity index (χ4v) is 3.35. The number of nitrogens with one attached hydrogen (secondary N) is 2. The fraction of sp³-hybridized carbons (Fsp3) is 0.261. The maximum Gasteiger partial charge on any atom is 0.329 e. The van der Waals surface area contributed by atoms with Crippen LogP contribution in [-0.4, -0.2) is 53.2 Å². The molecule has 9 heteroatoms. The van der Waals surface area contributed by atoms with Gasteiger partial charge in [0, 0.05) is 17.3 Å². The average Bonchev–Trinajstić information content (AvgIpc) is 3.57. The molecule has 1 unspecified atom stereocenters. The van der Waals surface area contributed by atoms with Crippen molar-refractivity contribution in [3.05, 3.63) is 65.2 Å². The molecule has 4 amide bonds. The molecule has 32 heavy (non-hydrogen) atoms. The molecule has 1 fully saturated rings. The van der Waals surface area contributed by atoms with E-state index >= 15 is 0 Å².